The molecule has 1 heterocycles. The highest BCUT2D eigenvalue weighted by Gasteiger charge is 2.27. The van der Waals surface area contributed by atoms with Gasteiger partial charge in [0.1, 0.15) is 0 Å². The molecular formula is C13H25N. The van der Waals surface area contributed by atoms with Gasteiger partial charge in [0.25, 0.3) is 0 Å². The molecule has 1 fully saturated rings. The van der Waals surface area contributed by atoms with E-state index in [-0.39, 0.29) is 0 Å². The van der Waals surface area contributed by atoms with Gasteiger partial charge in [-0.2, -0.15) is 0 Å². The monoisotopic (exact) mass is 195 g/mol. The van der Waals surface area contributed by atoms with Gasteiger partial charge in [0.2, 0.25) is 0 Å². The van der Waals surface area contributed by atoms with Crippen LogP contribution in [-0.2, 0) is 0 Å². The zero-order valence-corrected chi connectivity index (χ0v) is 10.4. The number of likely N-dealkylation sites (tertiary alicyclic amines) is 1. The second-order valence-electron chi connectivity index (χ2n) is 3.44. The lowest BCUT2D eigenvalue weighted by atomic mass is 10.0. The van der Waals surface area contributed by atoms with Gasteiger partial charge in [0.05, 0.1) is 0 Å². The maximum absolute atomic E-state index is 3.35. The van der Waals surface area contributed by atoms with Crippen molar-refractivity contribution >= 4 is 0 Å². The van der Waals surface area contributed by atoms with E-state index in [2.05, 4.69) is 37.5 Å². The van der Waals surface area contributed by atoms with Crippen molar-refractivity contribution in [3.63, 3.8) is 0 Å². The third-order valence-corrected chi connectivity index (χ3v) is 2.76. The molecule has 82 valence electrons. The predicted octanol–water partition coefficient (Wildman–Crippen LogP) is 3.16. The zero-order chi connectivity index (χ0) is 11.0. The van der Waals surface area contributed by atoms with Crippen LogP contribution in [0.25, 0.3) is 0 Å². The fourth-order valence-electron chi connectivity index (χ4n) is 1.88. The van der Waals surface area contributed by atoms with Crippen LogP contribution in [0.3, 0.4) is 0 Å². The molecule has 1 heteroatoms. The van der Waals surface area contributed by atoms with Crippen molar-refractivity contribution in [2.45, 2.75) is 53.5 Å². The first-order chi connectivity index (χ1) is 6.79. The standard InChI is InChI=1S/C11H19N.C2H6/c1-4-6-7-11-8-9-12(5-2)10(11)3;1-2/h10-11H,4-5,8-9H2,1-3H3;1-2H3. The first-order valence-corrected chi connectivity index (χ1v) is 6.02. The van der Waals surface area contributed by atoms with Crippen LogP contribution in [0.4, 0.5) is 0 Å². The molecule has 0 aliphatic carbocycles. The van der Waals surface area contributed by atoms with Gasteiger partial charge >= 0.3 is 0 Å². The smallest absolute Gasteiger partial charge is 0.0368 e. The summed E-state index contributed by atoms with van der Waals surface area (Å²) in [5.74, 6) is 7.17. The number of hydrogen-bond acceptors (Lipinski definition) is 1. The summed E-state index contributed by atoms with van der Waals surface area (Å²) in [5, 5.41) is 0. The molecule has 2 unspecified atom stereocenters. The van der Waals surface area contributed by atoms with Gasteiger partial charge in [-0.1, -0.05) is 33.6 Å². The Morgan fingerprint density at radius 3 is 2.36 bits per heavy atom. The molecule has 0 radical (unpaired) electrons. The molecule has 1 saturated heterocycles. The number of nitrogens with zero attached hydrogens (tertiary/aromatic N) is 1. The summed E-state index contributed by atoms with van der Waals surface area (Å²) in [6, 6.07) is 0.675. The molecule has 0 aromatic rings. The molecule has 1 nitrogen and oxygen atoms in total. The summed E-state index contributed by atoms with van der Waals surface area (Å²) in [7, 11) is 0. The Morgan fingerprint density at radius 2 is 1.93 bits per heavy atom. The van der Waals surface area contributed by atoms with E-state index in [0.29, 0.717) is 12.0 Å². The average molecular weight is 195 g/mol. The minimum Gasteiger partial charge on any atom is -0.300 e. The molecular weight excluding hydrogens is 170 g/mol. The van der Waals surface area contributed by atoms with Crippen molar-refractivity contribution in [1.82, 2.24) is 4.90 Å². The summed E-state index contributed by atoms with van der Waals surface area (Å²) in [6.07, 6.45) is 2.26. The molecule has 0 aromatic carbocycles. The molecule has 0 N–H and O–H groups in total. The largest absolute Gasteiger partial charge is 0.300 e. The zero-order valence-electron chi connectivity index (χ0n) is 10.4. The topological polar surface area (TPSA) is 3.24 Å². The van der Waals surface area contributed by atoms with Crippen LogP contribution in [0, 0.1) is 17.8 Å². The van der Waals surface area contributed by atoms with Crippen LogP contribution in [0.5, 0.6) is 0 Å². The molecule has 0 amide bonds. The maximum atomic E-state index is 3.35. The molecule has 1 aliphatic heterocycles. The van der Waals surface area contributed by atoms with Gasteiger partial charge in [-0.25, -0.2) is 0 Å². The summed E-state index contributed by atoms with van der Waals surface area (Å²) in [6.45, 7) is 13.0. The quantitative estimate of drug-likeness (QED) is 0.581. The molecule has 0 bridgehead atoms. The Hall–Kier alpha value is -0.480. The Morgan fingerprint density at radius 1 is 1.29 bits per heavy atom. The highest BCUT2D eigenvalue weighted by molar-refractivity contribution is 5.08. The van der Waals surface area contributed by atoms with Crippen LogP contribution in [0.2, 0.25) is 0 Å². The van der Waals surface area contributed by atoms with E-state index in [1.54, 1.807) is 0 Å². The van der Waals surface area contributed by atoms with Gasteiger partial charge in [-0.05, 0) is 26.4 Å². The maximum Gasteiger partial charge on any atom is 0.0368 e. The Kier molecular flexibility index (Phi) is 7.61. The molecule has 1 aliphatic rings. The number of rotatable bonds is 1. The number of hydrogen-bond donors (Lipinski definition) is 0. The van der Waals surface area contributed by atoms with Crippen LogP contribution >= 0.6 is 0 Å². The average Bonchev–Trinajstić information content (AvgIpc) is 2.59. The molecule has 0 aromatic heterocycles. The molecule has 0 spiro atoms. The third kappa shape index (κ3) is 3.72. The fourth-order valence-corrected chi connectivity index (χ4v) is 1.88. The summed E-state index contributed by atoms with van der Waals surface area (Å²) in [5.41, 5.74) is 0. The Bertz CT molecular complexity index is 187. The second-order valence-corrected chi connectivity index (χ2v) is 3.44. The highest BCUT2D eigenvalue weighted by atomic mass is 15.2. The van der Waals surface area contributed by atoms with E-state index in [4.69, 9.17) is 0 Å². The van der Waals surface area contributed by atoms with E-state index in [9.17, 15) is 0 Å². The van der Waals surface area contributed by atoms with Gasteiger partial charge in [-0.3, -0.25) is 4.90 Å². The predicted molar refractivity (Wildman–Crippen MR) is 64.2 cm³/mol. The van der Waals surface area contributed by atoms with Gasteiger partial charge in [-0.15, -0.1) is 5.92 Å². The first-order valence-electron chi connectivity index (χ1n) is 6.02. The van der Waals surface area contributed by atoms with Crippen molar-refractivity contribution < 1.29 is 0 Å². The van der Waals surface area contributed by atoms with Crippen molar-refractivity contribution in [3.05, 3.63) is 0 Å². The lowest BCUT2D eigenvalue weighted by Gasteiger charge is -2.20. The van der Waals surface area contributed by atoms with Gasteiger partial charge < -0.3 is 0 Å². The van der Waals surface area contributed by atoms with E-state index in [1.165, 1.54) is 19.5 Å². The van der Waals surface area contributed by atoms with Gasteiger partial charge in [0, 0.05) is 18.4 Å². The van der Waals surface area contributed by atoms with E-state index < -0.39 is 0 Å². The molecule has 14 heavy (non-hydrogen) atoms. The van der Waals surface area contributed by atoms with Crippen molar-refractivity contribution in [2.75, 3.05) is 13.1 Å². The normalized spacial score (nSPS) is 26.1. The SMILES string of the molecule is CC.CCC#CC1CCN(CC)C1C. The third-order valence-electron chi connectivity index (χ3n) is 2.76. The van der Waals surface area contributed by atoms with Crippen LogP contribution < -0.4 is 0 Å². The summed E-state index contributed by atoms with van der Waals surface area (Å²) < 4.78 is 0. The van der Waals surface area contributed by atoms with Crippen LogP contribution in [0.15, 0.2) is 0 Å². The first kappa shape index (κ1) is 13.5. The lowest BCUT2D eigenvalue weighted by molar-refractivity contribution is 0.270. The fraction of sp³-hybridized carbons (Fsp3) is 0.846. The van der Waals surface area contributed by atoms with Crippen molar-refractivity contribution in [1.29, 1.82) is 0 Å². The minimum absolute atomic E-state index is 0.630. The summed E-state index contributed by atoms with van der Waals surface area (Å²) >= 11 is 0. The van der Waals surface area contributed by atoms with Crippen LogP contribution in [-0.4, -0.2) is 24.0 Å². The van der Waals surface area contributed by atoms with E-state index in [1.807, 2.05) is 13.8 Å². The Balaban J connectivity index is 0.000000791. The highest BCUT2D eigenvalue weighted by Crippen LogP contribution is 2.22. The molecule has 0 saturated carbocycles. The van der Waals surface area contributed by atoms with Crippen molar-refractivity contribution in [3.8, 4) is 11.8 Å². The summed E-state index contributed by atoms with van der Waals surface area (Å²) in [4.78, 5) is 2.51. The van der Waals surface area contributed by atoms with E-state index >= 15 is 0 Å². The lowest BCUT2D eigenvalue weighted by Crippen LogP contribution is -2.29. The Labute approximate surface area is 89.9 Å². The second kappa shape index (κ2) is 7.88. The molecule has 1 rings (SSSR count). The van der Waals surface area contributed by atoms with E-state index in [0.717, 1.165) is 6.42 Å². The van der Waals surface area contributed by atoms with Crippen LogP contribution in [0.1, 0.15) is 47.5 Å². The minimum atomic E-state index is 0.630. The van der Waals surface area contributed by atoms with Crippen molar-refractivity contribution in [2.24, 2.45) is 5.92 Å². The molecule has 2 atom stereocenters. The van der Waals surface area contributed by atoms with Gasteiger partial charge in [0.15, 0.2) is 0 Å².